The van der Waals surface area contributed by atoms with Gasteiger partial charge in [-0.1, -0.05) is 0 Å². The van der Waals surface area contributed by atoms with Crippen LogP contribution >= 0.6 is 0 Å². The molecule has 0 unspecified atom stereocenters. The van der Waals surface area contributed by atoms with Gasteiger partial charge in [-0.3, -0.25) is 4.79 Å². The molecule has 5 heteroatoms. The molecule has 2 amide bonds. The van der Waals surface area contributed by atoms with Crippen molar-refractivity contribution in [3.8, 4) is 0 Å². The molecule has 0 spiro atoms. The van der Waals surface area contributed by atoms with Crippen LogP contribution in [0.1, 0.15) is 27.2 Å². The zero-order valence-corrected chi connectivity index (χ0v) is 10.7. The van der Waals surface area contributed by atoms with Crippen molar-refractivity contribution >= 4 is 12.0 Å². The standard InChI is InChI=1S/C12H20N2O3/c1-12(2,3)17-11(16)14-6-8-4-10(15)13-5-9(8)7-14/h8-9H,4-7H2,1-3H3,(H,13,15)/t8-,9+/m1/s1. The summed E-state index contributed by atoms with van der Waals surface area (Å²) in [4.78, 5) is 24.9. The third kappa shape index (κ3) is 2.90. The first-order valence-corrected chi connectivity index (χ1v) is 6.10. The van der Waals surface area contributed by atoms with Gasteiger partial charge in [0.25, 0.3) is 0 Å². The number of carbonyl (C=O) groups is 2. The fourth-order valence-corrected chi connectivity index (χ4v) is 2.43. The average Bonchev–Trinajstić information content (AvgIpc) is 2.57. The number of nitrogens with zero attached hydrogens (tertiary/aromatic N) is 1. The van der Waals surface area contributed by atoms with Gasteiger partial charge in [0.15, 0.2) is 0 Å². The number of ether oxygens (including phenoxy) is 1. The van der Waals surface area contributed by atoms with Gasteiger partial charge in [-0.25, -0.2) is 4.79 Å². The molecule has 2 aliphatic heterocycles. The number of likely N-dealkylation sites (tertiary alicyclic amines) is 1. The van der Waals surface area contributed by atoms with Crippen LogP contribution in [0, 0.1) is 11.8 Å². The van der Waals surface area contributed by atoms with E-state index in [4.69, 9.17) is 4.74 Å². The van der Waals surface area contributed by atoms with Crippen LogP contribution in [-0.2, 0) is 9.53 Å². The number of hydrogen-bond acceptors (Lipinski definition) is 3. The highest BCUT2D eigenvalue weighted by atomic mass is 16.6. The third-order valence-electron chi connectivity index (χ3n) is 3.24. The summed E-state index contributed by atoms with van der Waals surface area (Å²) in [5, 5.41) is 2.84. The lowest BCUT2D eigenvalue weighted by molar-refractivity contribution is -0.124. The van der Waals surface area contributed by atoms with Crippen LogP contribution in [-0.4, -0.2) is 42.1 Å². The first kappa shape index (κ1) is 12.2. The quantitative estimate of drug-likeness (QED) is 0.687. The van der Waals surface area contributed by atoms with Gasteiger partial charge in [0.1, 0.15) is 5.60 Å². The van der Waals surface area contributed by atoms with Crippen molar-refractivity contribution in [1.29, 1.82) is 0 Å². The van der Waals surface area contributed by atoms with Gasteiger partial charge >= 0.3 is 6.09 Å². The molecule has 2 rings (SSSR count). The summed E-state index contributed by atoms with van der Waals surface area (Å²) >= 11 is 0. The third-order valence-corrected chi connectivity index (χ3v) is 3.24. The molecule has 2 heterocycles. The molecule has 1 N–H and O–H groups in total. The van der Waals surface area contributed by atoms with Gasteiger partial charge in [-0.15, -0.1) is 0 Å². The van der Waals surface area contributed by atoms with Crippen LogP contribution in [0.15, 0.2) is 0 Å². The van der Waals surface area contributed by atoms with Crippen molar-refractivity contribution < 1.29 is 14.3 Å². The summed E-state index contributed by atoms with van der Waals surface area (Å²) in [5.74, 6) is 0.786. The van der Waals surface area contributed by atoms with Crippen LogP contribution in [0.25, 0.3) is 0 Å². The lowest BCUT2D eigenvalue weighted by Crippen LogP contribution is -2.40. The van der Waals surface area contributed by atoms with Crippen LogP contribution in [0.3, 0.4) is 0 Å². The number of fused-ring (bicyclic) bond motifs is 1. The number of carbonyl (C=O) groups excluding carboxylic acids is 2. The monoisotopic (exact) mass is 240 g/mol. The summed E-state index contributed by atoms with van der Waals surface area (Å²) < 4.78 is 5.34. The summed E-state index contributed by atoms with van der Waals surface area (Å²) in [6, 6.07) is 0. The van der Waals surface area contributed by atoms with E-state index >= 15 is 0 Å². The van der Waals surface area contributed by atoms with Gasteiger partial charge in [-0.2, -0.15) is 0 Å². The predicted octanol–water partition coefficient (Wildman–Crippen LogP) is 0.989. The second-order valence-corrected chi connectivity index (χ2v) is 5.91. The first-order valence-electron chi connectivity index (χ1n) is 6.10. The smallest absolute Gasteiger partial charge is 0.410 e. The topological polar surface area (TPSA) is 58.6 Å². The van der Waals surface area contributed by atoms with E-state index in [0.29, 0.717) is 37.9 Å². The molecule has 0 aromatic carbocycles. The van der Waals surface area contributed by atoms with Gasteiger partial charge in [-0.05, 0) is 32.6 Å². The highest BCUT2D eigenvalue weighted by molar-refractivity contribution is 5.77. The summed E-state index contributed by atoms with van der Waals surface area (Å²) in [5.41, 5.74) is -0.459. The van der Waals surface area contributed by atoms with E-state index in [1.807, 2.05) is 20.8 Å². The Bertz CT molecular complexity index is 335. The lowest BCUT2D eigenvalue weighted by Gasteiger charge is -2.24. The summed E-state index contributed by atoms with van der Waals surface area (Å²) in [6.07, 6.45) is 0.267. The minimum atomic E-state index is -0.459. The molecular formula is C12H20N2O3. The molecule has 0 aromatic rings. The van der Waals surface area contributed by atoms with E-state index in [1.165, 1.54) is 0 Å². The van der Waals surface area contributed by atoms with E-state index in [2.05, 4.69) is 5.32 Å². The maximum absolute atomic E-state index is 11.9. The predicted molar refractivity (Wildman–Crippen MR) is 62.4 cm³/mol. The molecule has 0 radical (unpaired) electrons. The molecule has 0 bridgehead atoms. The van der Waals surface area contributed by atoms with Crippen LogP contribution < -0.4 is 5.32 Å². The largest absolute Gasteiger partial charge is 0.444 e. The molecule has 0 saturated carbocycles. The van der Waals surface area contributed by atoms with E-state index < -0.39 is 5.60 Å². The molecule has 0 aromatic heterocycles. The fraction of sp³-hybridized carbons (Fsp3) is 0.833. The van der Waals surface area contributed by atoms with E-state index in [9.17, 15) is 9.59 Å². The molecule has 0 aliphatic carbocycles. The summed E-state index contributed by atoms with van der Waals surface area (Å²) in [6.45, 7) is 7.60. The highest BCUT2D eigenvalue weighted by Crippen LogP contribution is 2.29. The average molecular weight is 240 g/mol. The van der Waals surface area contributed by atoms with Crippen LogP contribution in [0.2, 0.25) is 0 Å². The van der Waals surface area contributed by atoms with Crippen LogP contribution in [0.5, 0.6) is 0 Å². The number of amides is 2. The van der Waals surface area contributed by atoms with Gasteiger partial charge in [0.05, 0.1) is 0 Å². The van der Waals surface area contributed by atoms with Crippen molar-refractivity contribution in [1.82, 2.24) is 10.2 Å². The molecule has 2 atom stereocenters. The Morgan fingerprint density at radius 1 is 1.35 bits per heavy atom. The Hall–Kier alpha value is -1.26. The van der Waals surface area contributed by atoms with E-state index in [1.54, 1.807) is 4.90 Å². The van der Waals surface area contributed by atoms with Crippen molar-refractivity contribution in [3.63, 3.8) is 0 Å². The van der Waals surface area contributed by atoms with Crippen molar-refractivity contribution in [2.24, 2.45) is 11.8 Å². The molecule has 96 valence electrons. The zero-order chi connectivity index (χ0) is 12.6. The molecule has 5 nitrogen and oxygen atoms in total. The fourth-order valence-electron chi connectivity index (χ4n) is 2.43. The van der Waals surface area contributed by atoms with Gasteiger partial charge in [0.2, 0.25) is 5.91 Å². The Morgan fingerprint density at radius 3 is 2.65 bits per heavy atom. The molecule has 2 fully saturated rings. The second-order valence-electron chi connectivity index (χ2n) is 5.91. The highest BCUT2D eigenvalue weighted by Gasteiger charge is 2.40. The lowest BCUT2D eigenvalue weighted by atomic mass is 9.89. The number of rotatable bonds is 0. The Balaban J connectivity index is 1.93. The minimum Gasteiger partial charge on any atom is -0.444 e. The Labute approximate surface area is 101 Å². The first-order chi connectivity index (χ1) is 7.85. The number of piperidine rings is 1. The van der Waals surface area contributed by atoms with Gasteiger partial charge < -0.3 is 15.0 Å². The maximum atomic E-state index is 11.9. The molecule has 17 heavy (non-hydrogen) atoms. The SMILES string of the molecule is CC(C)(C)OC(=O)N1C[C@H]2CC(=O)NC[C@H]2C1. The van der Waals surface area contributed by atoms with E-state index in [0.717, 1.165) is 0 Å². The van der Waals surface area contributed by atoms with Crippen molar-refractivity contribution in [2.75, 3.05) is 19.6 Å². The molecular weight excluding hydrogens is 220 g/mol. The summed E-state index contributed by atoms with van der Waals surface area (Å²) in [7, 11) is 0. The van der Waals surface area contributed by atoms with Crippen LogP contribution in [0.4, 0.5) is 4.79 Å². The Morgan fingerprint density at radius 2 is 2.00 bits per heavy atom. The second kappa shape index (κ2) is 4.20. The zero-order valence-electron chi connectivity index (χ0n) is 10.7. The minimum absolute atomic E-state index is 0.0947. The number of nitrogens with one attached hydrogen (secondary N) is 1. The number of hydrogen-bond donors (Lipinski definition) is 1. The molecule has 2 saturated heterocycles. The van der Waals surface area contributed by atoms with Crippen molar-refractivity contribution in [3.05, 3.63) is 0 Å². The normalized spacial score (nSPS) is 28.6. The molecule has 2 aliphatic rings. The van der Waals surface area contributed by atoms with Gasteiger partial charge in [0, 0.05) is 26.1 Å². The van der Waals surface area contributed by atoms with Crippen molar-refractivity contribution in [2.45, 2.75) is 32.8 Å². The maximum Gasteiger partial charge on any atom is 0.410 e. The Kier molecular flexibility index (Phi) is 3.02. The van der Waals surface area contributed by atoms with E-state index in [-0.39, 0.29) is 12.0 Å².